The molecule has 0 radical (unpaired) electrons. The molecule has 2 atom stereocenters. The van der Waals surface area contributed by atoms with E-state index in [4.69, 9.17) is 9.84 Å². The lowest BCUT2D eigenvalue weighted by molar-refractivity contribution is -0.164. The minimum Gasteiger partial charge on any atom is -0.478 e. The largest absolute Gasteiger partial charge is 0.478 e. The van der Waals surface area contributed by atoms with Crippen molar-refractivity contribution in [2.24, 2.45) is 0 Å². The standard InChI is InChI=1S/C11H16FNO4/c1-3-11(12,10(15)16)9(14)13-6-4-5-8(7-13)17-2/h4-5,8H,3,6-7H2,1-2H3,(H,15,16). The number of rotatable bonds is 4. The summed E-state index contributed by atoms with van der Waals surface area (Å²) >= 11 is 0. The van der Waals surface area contributed by atoms with Crippen molar-refractivity contribution < 1.29 is 23.8 Å². The van der Waals surface area contributed by atoms with E-state index in [1.165, 1.54) is 14.0 Å². The zero-order chi connectivity index (χ0) is 13.1. The van der Waals surface area contributed by atoms with Gasteiger partial charge in [0, 0.05) is 13.7 Å². The summed E-state index contributed by atoms with van der Waals surface area (Å²) in [7, 11) is 1.47. The molecule has 0 fully saturated rings. The maximum absolute atomic E-state index is 14.0. The third kappa shape index (κ3) is 2.63. The smallest absolute Gasteiger partial charge is 0.351 e. The Morgan fingerprint density at radius 3 is 2.76 bits per heavy atom. The molecule has 96 valence electrons. The number of aliphatic carboxylic acids is 1. The number of ether oxygens (including phenoxy) is 1. The molecule has 0 bridgehead atoms. The van der Waals surface area contributed by atoms with Crippen LogP contribution in [-0.2, 0) is 14.3 Å². The van der Waals surface area contributed by atoms with Crippen LogP contribution in [0.3, 0.4) is 0 Å². The molecule has 0 aliphatic carbocycles. The predicted octanol–water partition coefficient (Wildman–Crippen LogP) is 0.603. The van der Waals surface area contributed by atoms with Crippen LogP contribution in [0.2, 0.25) is 0 Å². The molecule has 5 nitrogen and oxygen atoms in total. The van der Waals surface area contributed by atoms with E-state index in [2.05, 4.69) is 0 Å². The summed E-state index contributed by atoms with van der Waals surface area (Å²) in [5, 5.41) is 8.78. The van der Waals surface area contributed by atoms with Crippen molar-refractivity contribution in [3.8, 4) is 0 Å². The van der Waals surface area contributed by atoms with Crippen molar-refractivity contribution in [1.82, 2.24) is 4.90 Å². The van der Waals surface area contributed by atoms with Crippen molar-refractivity contribution in [3.05, 3.63) is 12.2 Å². The van der Waals surface area contributed by atoms with Gasteiger partial charge < -0.3 is 14.7 Å². The Kier molecular flexibility index (Phi) is 4.22. The molecule has 2 unspecified atom stereocenters. The van der Waals surface area contributed by atoms with Gasteiger partial charge in [-0.25, -0.2) is 9.18 Å². The van der Waals surface area contributed by atoms with E-state index in [0.29, 0.717) is 0 Å². The summed E-state index contributed by atoms with van der Waals surface area (Å²) in [4.78, 5) is 23.8. The highest BCUT2D eigenvalue weighted by molar-refractivity contribution is 6.05. The first kappa shape index (κ1) is 13.6. The van der Waals surface area contributed by atoms with Crippen LogP contribution in [0.25, 0.3) is 0 Å². The van der Waals surface area contributed by atoms with Crippen LogP contribution < -0.4 is 0 Å². The molecule has 0 spiro atoms. The quantitative estimate of drug-likeness (QED) is 0.582. The Morgan fingerprint density at radius 1 is 1.65 bits per heavy atom. The van der Waals surface area contributed by atoms with Gasteiger partial charge in [0.1, 0.15) is 0 Å². The number of alkyl halides is 1. The number of amides is 1. The van der Waals surface area contributed by atoms with E-state index in [1.54, 1.807) is 12.2 Å². The van der Waals surface area contributed by atoms with Gasteiger partial charge in [-0.3, -0.25) is 4.79 Å². The van der Waals surface area contributed by atoms with E-state index in [-0.39, 0.29) is 25.6 Å². The first-order chi connectivity index (χ1) is 7.95. The fraction of sp³-hybridized carbons (Fsp3) is 0.636. The van der Waals surface area contributed by atoms with Crippen LogP contribution in [0, 0.1) is 0 Å². The van der Waals surface area contributed by atoms with Crippen molar-refractivity contribution in [2.45, 2.75) is 25.1 Å². The Balaban J connectivity index is 2.83. The van der Waals surface area contributed by atoms with Gasteiger partial charge >= 0.3 is 5.97 Å². The second-order valence-corrected chi connectivity index (χ2v) is 3.87. The van der Waals surface area contributed by atoms with Crippen LogP contribution >= 0.6 is 0 Å². The number of methoxy groups -OCH3 is 1. The third-order valence-electron chi connectivity index (χ3n) is 2.83. The fourth-order valence-electron chi connectivity index (χ4n) is 1.66. The molecule has 1 amide bonds. The SMILES string of the molecule is CCC(F)(C(=O)O)C(=O)N1CC=CC(OC)C1. The monoisotopic (exact) mass is 245 g/mol. The highest BCUT2D eigenvalue weighted by Crippen LogP contribution is 2.21. The van der Waals surface area contributed by atoms with Gasteiger partial charge in [-0.1, -0.05) is 19.1 Å². The first-order valence-corrected chi connectivity index (χ1v) is 5.36. The molecular formula is C11H16FNO4. The van der Waals surface area contributed by atoms with Gasteiger partial charge in [0.15, 0.2) is 0 Å². The van der Waals surface area contributed by atoms with Crippen LogP contribution in [0.5, 0.6) is 0 Å². The normalized spacial score (nSPS) is 23.2. The number of carbonyl (C=O) groups is 2. The molecule has 1 N–H and O–H groups in total. The maximum Gasteiger partial charge on any atom is 0.351 e. The predicted molar refractivity (Wildman–Crippen MR) is 58.3 cm³/mol. The Hall–Kier alpha value is -1.43. The molecule has 6 heteroatoms. The first-order valence-electron chi connectivity index (χ1n) is 5.36. The van der Waals surface area contributed by atoms with Gasteiger partial charge in [0.25, 0.3) is 11.6 Å². The molecule has 1 aliphatic heterocycles. The van der Waals surface area contributed by atoms with Gasteiger partial charge in [-0.05, 0) is 6.42 Å². The van der Waals surface area contributed by atoms with Gasteiger partial charge in [-0.2, -0.15) is 0 Å². The molecule has 0 saturated heterocycles. The van der Waals surface area contributed by atoms with Crippen molar-refractivity contribution in [3.63, 3.8) is 0 Å². The van der Waals surface area contributed by atoms with E-state index >= 15 is 0 Å². The van der Waals surface area contributed by atoms with Crippen molar-refractivity contribution in [1.29, 1.82) is 0 Å². The van der Waals surface area contributed by atoms with Crippen LogP contribution in [-0.4, -0.2) is 53.9 Å². The number of carboxylic acids is 1. The Labute approximate surface area is 98.8 Å². The zero-order valence-electron chi connectivity index (χ0n) is 9.85. The zero-order valence-corrected chi connectivity index (χ0v) is 9.85. The lowest BCUT2D eigenvalue weighted by Gasteiger charge is -2.32. The molecular weight excluding hydrogens is 229 g/mol. The Morgan fingerprint density at radius 2 is 2.29 bits per heavy atom. The third-order valence-corrected chi connectivity index (χ3v) is 2.83. The minimum absolute atomic E-state index is 0.171. The molecule has 0 saturated carbocycles. The molecule has 17 heavy (non-hydrogen) atoms. The minimum atomic E-state index is -2.84. The van der Waals surface area contributed by atoms with Gasteiger partial charge in [0.05, 0.1) is 12.6 Å². The summed E-state index contributed by atoms with van der Waals surface area (Å²) in [6, 6.07) is 0. The maximum atomic E-state index is 14.0. The van der Waals surface area contributed by atoms with Crippen molar-refractivity contribution in [2.75, 3.05) is 20.2 Å². The number of hydrogen-bond donors (Lipinski definition) is 1. The van der Waals surface area contributed by atoms with Crippen LogP contribution in [0.4, 0.5) is 4.39 Å². The average molecular weight is 245 g/mol. The number of carboxylic acid groups (broad SMARTS) is 1. The number of carbonyl (C=O) groups excluding carboxylic acids is 1. The van der Waals surface area contributed by atoms with E-state index in [9.17, 15) is 14.0 Å². The number of halogens is 1. The van der Waals surface area contributed by atoms with E-state index in [1.807, 2.05) is 0 Å². The summed E-state index contributed by atoms with van der Waals surface area (Å²) in [5.41, 5.74) is -2.84. The lowest BCUT2D eigenvalue weighted by Crippen LogP contribution is -2.53. The molecule has 1 rings (SSSR count). The number of nitrogens with zero attached hydrogens (tertiary/aromatic N) is 1. The molecule has 1 heterocycles. The summed E-state index contributed by atoms with van der Waals surface area (Å²) in [5.74, 6) is -2.76. The fourth-order valence-corrected chi connectivity index (χ4v) is 1.66. The second kappa shape index (κ2) is 5.27. The lowest BCUT2D eigenvalue weighted by atomic mass is 10.0. The second-order valence-electron chi connectivity index (χ2n) is 3.87. The molecule has 0 aromatic heterocycles. The average Bonchev–Trinajstić information content (AvgIpc) is 2.36. The summed E-state index contributed by atoms with van der Waals surface area (Å²) in [6.45, 7) is 1.71. The summed E-state index contributed by atoms with van der Waals surface area (Å²) < 4.78 is 19.0. The summed E-state index contributed by atoms with van der Waals surface area (Å²) in [6.07, 6.45) is 2.71. The number of hydrogen-bond acceptors (Lipinski definition) is 3. The van der Waals surface area contributed by atoms with Gasteiger partial charge in [0.2, 0.25) is 0 Å². The highest BCUT2D eigenvalue weighted by Gasteiger charge is 2.48. The van der Waals surface area contributed by atoms with E-state index in [0.717, 1.165) is 4.90 Å². The van der Waals surface area contributed by atoms with E-state index < -0.39 is 17.5 Å². The van der Waals surface area contributed by atoms with Crippen LogP contribution in [0.15, 0.2) is 12.2 Å². The van der Waals surface area contributed by atoms with Crippen molar-refractivity contribution >= 4 is 11.9 Å². The molecule has 1 aliphatic rings. The molecule has 0 aromatic carbocycles. The van der Waals surface area contributed by atoms with Crippen LogP contribution in [0.1, 0.15) is 13.3 Å². The molecule has 0 aromatic rings. The Bertz CT molecular complexity index is 344. The van der Waals surface area contributed by atoms with Gasteiger partial charge in [-0.15, -0.1) is 0 Å². The topological polar surface area (TPSA) is 66.8 Å². The highest BCUT2D eigenvalue weighted by atomic mass is 19.1.